The Morgan fingerprint density at radius 1 is 1.53 bits per heavy atom. The minimum atomic E-state index is -0.294. The topological polar surface area (TPSA) is 93.2 Å². The van der Waals surface area contributed by atoms with E-state index in [-0.39, 0.29) is 17.2 Å². The second-order valence-corrected chi connectivity index (χ2v) is 4.30. The highest BCUT2D eigenvalue weighted by Crippen LogP contribution is 2.18. The summed E-state index contributed by atoms with van der Waals surface area (Å²) in [5, 5.41) is 16.2. The maximum atomic E-state index is 11.9. The van der Waals surface area contributed by atoms with Gasteiger partial charge in [-0.2, -0.15) is 5.10 Å². The lowest BCUT2D eigenvalue weighted by Gasteiger charge is -2.07. The van der Waals surface area contributed by atoms with Gasteiger partial charge in [0.25, 0.3) is 5.91 Å². The number of hydrogen-bond acceptors (Lipinski definition) is 4. The molecular weight excluding hydrogens is 244 g/mol. The number of nitrogens with zero attached hydrogens (tertiary/aromatic N) is 2. The molecule has 0 spiro atoms. The van der Waals surface area contributed by atoms with Gasteiger partial charge in [-0.15, -0.1) is 0 Å². The molecule has 0 atom stereocenters. The molecule has 19 heavy (non-hydrogen) atoms. The average molecular weight is 260 g/mol. The number of amides is 1. The second kappa shape index (κ2) is 5.43. The lowest BCUT2D eigenvalue weighted by atomic mass is 10.1. The number of aromatic hydroxyl groups is 1. The molecule has 0 fully saturated rings. The molecule has 6 heteroatoms. The molecular formula is C13H16N4O2. The SMILES string of the molecule is Cn1cc(CCNC(=O)c2cc(O)ccc2N)cn1. The molecule has 1 aromatic carbocycles. The van der Waals surface area contributed by atoms with Crippen molar-refractivity contribution >= 4 is 11.6 Å². The Balaban J connectivity index is 1.92. The summed E-state index contributed by atoms with van der Waals surface area (Å²) in [5.41, 5.74) is 7.37. The number of carbonyl (C=O) groups excluding carboxylic acids is 1. The highest BCUT2D eigenvalue weighted by atomic mass is 16.3. The molecule has 2 aromatic rings. The summed E-state index contributed by atoms with van der Waals surface area (Å²) in [4.78, 5) is 11.9. The van der Waals surface area contributed by atoms with E-state index in [0.717, 1.165) is 5.56 Å². The van der Waals surface area contributed by atoms with Crippen molar-refractivity contribution in [3.63, 3.8) is 0 Å². The van der Waals surface area contributed by atoms with E-state index in [1.807, 2.05) is 13.2 Å². The number of aryl methyl sites for hydroxylation is 1. The van der Waals surface area contributed by atoms with Gasteiger partial charge in [-0.05, 0) is 30.2 Å². The predicted molar refractivity (Wildman–Crippen MR) is 71.8 cm³/mol. The number of phenolic OH excluding ortho intramolecular Hbond substituents is 1. The van der Waals surface area contributed by atoms with Crippen molar-refractivity contribution in [1.29, 1.82) is 0 Å². The third kappa shape index (κ3) is 3.25. The lowest BCUT2D eigenvalue weighted by Crippen LogP contribution is -2.26. The fourth-order valence-electron chi connectivity index (χ4n) is 1.76. The Morgan fingerprint density at radius 2 is 2.32 bits per heavy atom. The Labute approximate surface area is 110 Å². The first-order valence-electron chi connectivity index (χ1n) is 5.90. The van der Waals surface area contributed by atoms with Crippen LogP contribution in [0.15, 0.2) is 30.6 Å². The summed E-state index contributed by atoms with van der Waals surface area (Å²) in [5.74, 6) is -0.274. The minimum Gasteiger partial charge on any atom is -0.508 e. The fourth-order valence-corrected chi connectivity index (χ4v) is 1.76. The number of benzene rings is 1. The summed E-state index contributed by atoms with van der Waals surface area (Å²) in [6.45, 7) is 0.486. The van der Waals surface area contributed by atoms with Crippen LogP contribution < -0.4 is 11.1 Å². The molecule has 0 saturated heterocycles. The standard InChI is InChI=1S/C13H16N4O2/c1-17-8-9(7-16-17)4-5-15-13(19)11-6-10(18)2-3-12(11)14/h2-3,6-8,18H,4-5,14H2,1H3,(H,15,19). The Morgan fingerprint density at radius 3 is 3.00 bits per heavy atom. The summed E-state index contributed by atoms with van der Waals surface area (Å²) < 4.78 is 1.71. The minimum absolute atomic E-state index is 0.0200. The third-order valence-electron chi connectivity index (χ3n) is 2.74. The average Bonchev–Trinajstić information content (AvgIpc) is 2.78. The van der Waals surface area contributed by atoms with Crippen molar-refractivity contribution in [3.8, 4) is 5.75 Å². The molecule has 0 bridgehead atoms. The van der Waals surface area contributed by atoms with E-state index in [1.54, 1.807) is 10.9 Å². The smallest absolute Gasteiger partial charge is 0.253 e. The van der Waals surface area contributed by atoms with Crippen molar-refractivity contribution < 1.29 is 9.90 Å². The van der Waals surface area contributed by atoms with Crippen molar-refractivity contribution in [3.05, 3.63) is 41.7 Å². The van der Waals surface area contributed by atoms with Crippen LogP contribution in [0.1, 0.15) is 15.9 Å². The highest BCUT2D eigenvalue weighted by molar-refractivity contribution is 5.99. The van der Waals surface area contributed by atoms with E-state index in [2.05, 4.69) is 10.4 Å². The summed E-state index contributed by atoms with van der Waals surface area (Å²) >= 11 is 0. The number of nitrogens with one attached hydrogen (secondary N) is 1. The van der Waals surface area contributed by atoms with Crippen LogP contribution in [0.5, 0.6) is 5.75 Å². The number of nitrogen functional groups attached to an aromatic ring is 1. The zero-order chi connectivity index (χ0) is 13.8. The van der Waals surface area contributed by atoms with Gasteiger partial charge in [-0.1, -0.05) is 0 Å². The molecule has 1 heterocycles. The van der Waals surface area contributed by atoms with Gasteiger partial charge in [0.2, 0.25) is 0 Å². The monoisotopic (exact) mass is 260 g/mol. The molecule has 0 unspecified atom stereocenters. The van der Waals surface area contributed by atoms with Crippen LogP contribution in [0.2, 0.25) is 0 Å². The van der Waals surface area contributed by atoms with Crippen molar-refractivity contribution in [2.24, 2.45) is 7.05 Å². The van der Waals surface area contributed by atoms with E-state index in [1.165, 1.54) is 18.2 Å². The van der Waals surface area contributed by atoms with Gasteiger partial charge in [-0.3, -0.25) is 9.48 Å². The van der Waals surface area contributed by atoms with E-state index in [0.29, 0.717) is 18.7 Å². The van der Waals surface area contributed by atoms with Crippen LogP contribution in [-0.4, -0.2) is 27.3 Å². The maximum Gasteiger partial charge on any atom is 0.253 e. The molecule has 4 N–H and O–H groups in total. The van der Waals surface area contributed by atoms with Gasteiger partial charge in [0, 0.05) is 25.5 Å². The summed E-state index contributed by atoms with van der Waals surface area (Å²) in [7, 11) is 1.84. The zero-order valence-corrected chi connectivity index (χ0v) is 10.6. The number of rotatable bonds is 4. The van der Waals surface area contributed by atoms with E-state index in [9.17, 15) is 9.90 Å². The van der Waals surface area contributed by atoms with Crippen molar-refractivity contribution in [2.75, 3.05) is 12.3 Å². The van der Waals surface area contributed by atoms with Gasteiger partial charge >= 0.3 is 0 Å². The first-order valence-corrected chi connectivity index (χ1v) is 5.90. The highest BCUT2D eigenvalue weighted by Gasteiger charge is 2.10. The predicted octanol–water partition coefficient (Wildman–Crippen LogP) is 0.680. The molecule has 100 valence electrons. The van der Waals surface area contributed by atoms with Crippen LogP contribution >= 0.6 is 0 Å². The van der Waals surface area contributed by atoms with Crippen LogP contribution in [-0.2, 0) is 13.5 Å². The second-order valence-electron chi connectivity index (χ2n) is 4.30. The normalized spacial score (nSPS) is 10.4. The number of carbonyl (C=O) groups is 1. The van der Waals surface area contributed by atoms with Crippen molar-refractivity contribution in [1.82, 2.24) is 15.1 Å². The molecule has 0 aliphatic heterocycles. The lowest BCUT2D eigenvalue weighted by molar-refractivity contribution is 0.0954. The van der Waals surface area contributed by atoms with E-state index < -0.39 is 0 Å². The maximum absolute atomic E-state index is 11.9. The zero-order valence-electron chi connectivity index (χ0n) is 10.6. The van der Waals surface area contributed by atoms with Gasteiger partial charge in [0.1, 0.15) is 5.75 Å². The van der Waals surface area contributed by atoms with Gasteiger partial charge < -0.3 is 16.2 Å². The first kappa shape index (κ1) is 12.9. The number of aromatic nitrogens is 2. The fraction of sp³-hybridized carbons (Fsp3) is 0.231. The molecule has 0 aliphatic carbocycles. The number of nitrogens with two attached hydrogens (primary N) is 1. The van der Waals surface area contributed by atoms with E-state index >= 15 is 0 Å². The molecule has 0 aliphatic rings. The van der Waals surface area contributed by atoms with Gasteiger partial charge in [0.15, 0.2) is 0 Å². The molecule has 1 aromatic heterocycles. The van der Waals surface area contributed by atoms with Crippen LogP contribution in [0, 0.1) is 0 Å². The third-order valence-corrected chi connectivity index (χ3v) is 2.74. The van der Waals surface area contributed by atoms with Crippen LogP contribution in [0.4, 0.5) is 5.69 Å². The van der Waals surface area contributed by atoms with Crippen molar-refractivity contribution in [2.45, 2.75) is 6.42 Å². The van der Waals surface area contributed by atoms with Gasteiger partial charge in [0.05, 0.1) is 11.8 Å². The Hall–Kier alpha value is -2.50. The largest absolute Gasteiger partial charge is 0.508 e. The molecule has 6 nitrogen and oxygen atoms in total. The molecule has 2 rings (SSSR count). The van der Waals surface area contributed by atoms with E-state index in [4.69, 9.17) is 5.73 Å². The summed E-state index contributed by atoms with van der Waals surface area (Å²) in [6, 6.07) is 4.31. The van der Waals surface area contributed by atoms with Crippen LogP contribution in [0.3, 0.4) is 0 Å². The molecule has 0 radical (unpaired) electrons. The molecule has 0 saturated carbocycles. The Kier molecular flexibility index (Phi) is 3.70. The number of phenols is 1. The Bertz CT molecular complexity index is 592. The first-order chi connectivity index (χ1) is 9.06. The summed E-state index contributed by atoms with van der Waals surface area (Å²) in [6.07, 6.45) is 4.35. The quantitative estimate of drug-likeness (QED) is 0.556. The molecule has 1 amide bonds. The van der Waals surface area contributed by atoms with Gasteiger partial charge in [-0.25, -0.2) is 0 Å². The van der Waals surface area contributed by atoms with Crippen LogP contribution in [0.25, 0.3) is 0 Å². The number of hydrogen-bond donors (Lipinski definition) is 3. The number of anilines is 1.